The van der Waals surface area contributed by atoms with Gasteiger partial charge in [-0.2, -0.15) is 0 Å². The SMILES string of the molecule is CCCNc1ccc(C(=O)N(CC2CC2)C(C)C)nn1. The van der Waals surface area contributed by atoms with Crippen LogP contribution in [0.1, 0.15) is 50.5 Å². The third-order valence-electron chi connectivity index (χ3n) is 3.48. The molecule has 0 atom stereocenters. The average molecular weight is 276 g/mol. The summed E-state index contributed by atoms with van der Waals surface area (Å²) in [6.07, 6.45) is 3.51. The van der Waals surface area contributed by atoms with E-state index in [0.717, 1.165) is 25.3 Å². The molecule has 1 fully saturated rings. The number of rotatable bonds is 7. The highest BCUT2D eigenvalue weighted by Gasteiger charge is 2.29. The van der Waals surface area contributed by atoms with Gasteiger partial charge in [-0.25, -0.2) is 0 Å². The third kappa shape index (κ3) is 3.92. The molecule has 1 aliphatic rings. The smallest absolute Gasteiger partial charge is 0.274 e. The Balaban J connectivity index is 2.02. The maximum Gasteiger partial charge on any atom is 0.274 e. The van der Waals surface area contributed by atoms with E-state index in [2.05, 4.69) is 22.4 Å². The van der Waals surface area contributed by atoms with Gasteiger partial charge in [0.15, 0.2) is 5.69 Å². The lowest BCUT2D eigenvalue weighted by atomic mass is 10.2. The molecule has 2 rings (SSSR count). The Morgan fingerprint density at radius 3 is 2.65 bits per heavy atom. The molecule has 0 saturated heterocycles. The van der Waals surface area contributed by atoms with E-state index < -0.39 is 0 Å². The van der Waals surface area contributed by atoms with Crippen molar-refractivity contribution in [2.75, 3.05) is 18.4 Å². The van der Waals surface area contributed by atoms with Crippen LogP contribution < -0.4 is 5.32 Å². The molecular weight excluding hydrogens is 252 g/mol. The van der Waals surface area contributed by atoms with E-state index in [0.29, 0.717) is 11.6 Å². The molecule has 5 heteroatoms. The maximum absolute atomic E-state index is 12.5. The first kappa shape index (κ1) is 14.8. The molecule has 0 unspecified atom stereocenters. The van der Waals surface area contributed by atoms with Crippen molar-refractivity contribution in [3.05, 3.63) is 17.8 Å². The number of aromatic nitrogens is 2. The molecule has 1 aromatic rings. The summed E-state index contributed by atoms with van der Waals surface area (Å²) in [4.78, 5) is 14.4. The highest BCUT2D eigenvalue weighted by atomic mass is 16.2. The fourth-order valence-electron chi connectivity index (χ4n) is 2.05. The summed E-state index contributed by atoms with van der Waals surface area (Å²) in [5.41, 5.74) is 0.432. The lowest BCUT2D eigenvalue weighted by molar-refractivity contribution is 0.0689. The number of hydrogen-bond donors (Lipinski definition) is 1. The largest absolute Gasteiger partial charge is 0.369 e. The van der Waals surface area contributed by atoms with E-state index in [9.17, 15) is 4.79 Å². The van der Waals surface area contributed by atoms with Crippen molar-refractivity contribution in [1.29, 1.82) is 0 Å². The molecule has 1 amide bonds. The molecule has 0 bridgehead atoms. The molecule has 0 radical (unpaired) electrons. The van der Waals surface area contributed by atoms with Gasteiger partial charge >= 0.3 is 0 Å². The number of nitrogens with one attached hydrogen (secondary N) is 1. The quantitative estimate of drug-likeness (QED) is 0.831. The molecule has 0 aliphatic heterocycles. The normalized spacial score (nSPS) is 14.4. The van der Waals surface area contributed by atoms with Crippen molar-refractivity contribution in [3.63, 3.8) is 0 Å². The van der Waals surface area contributed by atoms with Crippen molar-refractivity contribution in [1.82, 2.24) is 15.1 Å². The molecule has 1 N–H and O–H groups in total. The fourth-order valence-corrected chi connectivity index (χ4v) is 2.05. The van der Waals surface area contributed by atoms with E-state index in [4.69, 9.17) is 0 Å². The Labute approximate surface area is 120 Å². The number of carbonyl (C=O) groups is 1. The average Bonchev–Trinajstić information content (AvgIpc) is 3.26. The van der Waals surface area contributed by atoms with Gasteiger partial charge in [-0.1, -0.05) is 6.92 Å². The van der Waals surface area contributed by atoms with Crippen LogP contribution in [0.15, 0.2) is 12.1 Å². The van der Waals surface area contributed by atoms with Crippen LogP contribution in [0, 0.1) is 5.92 Å². The lowest BCUT2D eigenvalue weighted by Crippen LogP contribution is -2.39. The van der Waals surface area contributed by atoms with E-state index in [1.165, 1.54) is 12.8 Å². The van der Waals surface area contributed by atoms with Gasteiger partial charge in [0, 0.05) is 19.1 Å². The van der Waals surface area contributed by atoms with Gasteiger partial charge in [-0.3, -0.25) is 4.79 Å². The highest BCUT2D eigenvalue weighted by Crippen LogP contribution is 2.30. The van der Waals surface area contributed by atoms with Gasteiger partial charge in [-0.15, -0.1) is 10.2 Å². The first-order valence-corrected chi connectivity index (χ1v) is 7.50. The Kier molecular flexibility index (Phi) is 4.93. The zero-order valence-corrected chi connectivity index (χ0v) is 12.6. The Hall–Kier alpha value is -1.65. The molecule has 20 heavy (non-hydrogen) atoms. The van der Waals surface area contributed by atoms with Crippen LogP contribution in [0.25, 0.3) is 0 Å². The van der Waals surface area contributed by atoms with Gasteiger partial charge < -0.3 is 10.2 Å². The van der Waals surface area contributed by atoms with Crippen molar-refractivity contribution in [2.24, 2.45) is 5.92 Å². The van der Waals surface area contributed by atoms with Crippen LogP contribution in [0.3, 0.4) is 0 Å². The second kappa shape index (κ2) is 6.68. The Morgan fingerprint density at radius 1 is 1.40 bits per heavy atom. The standard InChI is InChI=1S/C15H24N4O/c1-4-9-16-14-8-7-13(17-18-14)15(20)19(11(2)3)10-12-5-6-12/h7-8,11-12H,4-6,9-10H2,1-3H3,(H,16,18). The lowest BCUT2D eigenvalue weighted by Gasteiger charge is -2.26. The Bertz CT molecular complexity index is 440. The number of nitrogens with zero attached hydrogens (tertiary/aromatic N) is 3. The molecule has 1 heterocycles. The third-order valence-corrected chi connectivity index (χ3v) is 3.48. The first-order chi connectivity index (χ1) is 9.61. The molecule has 1 saturated carbocycles. The molecular formula is C15H24N4O. The minimum absolute atomic E-state index is 0.0126. The van der Waals surface area contributed by atoms with Crippen LogP contribution in [0.2, 0.25) is 0 Å². The topological polar surface area (TPSA) is 58.1 Å². The van der Waals surface area contributed by atoms with Crippen LogP contribution in [0.5, 0.6) is 0 Å². The molecule has 0 aromatic carbocycles. The summed E-state index contributed by atoms with van der Waals surface area (Å²) in [6.45, 7) is 7.89. The van der Waals surface area contributed by atoms with Crippen LogP contribution in [-0.4, -0.2) is 40.1 Å². The minimum atomic E-state index is -0.0126. The summed E-state index contributed by atoms with van der Waals surface area (Å²) in [5.74, 6) is 1.39. The summed E-state index contributed by atoms with van der Waals surface area (Å²) < 4.78 is 0. The monoisotopic (exact) mass is 276 g/mol. The van der Waals surface area contributed by atoms with Crippen molar-refractivity contribution in [3.8, 4) is 0 Å². The molecule has 1 aliphatic carbocycles. The number of carbonyl (C=O) groups excluding carboxylic acids is 1. The Morgan fingerprint density at radius 2 is 2.15 bits per heavy atom. The summed E-state index contributed by atoms with van der Waals surface area (Å²) >= 11 is 0. The fraction of sp³-hybridized carbons (Fsp3) is 0.667. The second-order valence-corrected chi connectivity index (χ2v) is 5.73. The van der Waals surface area contributed by atoms with E-state index in [1.807, 2.05) is 24.8 Å². The molecule has 0 spiro atoms. The summed E-state index contributed by atoms with van der Waals surface area (Å²) in [7, 11) is 0. The highest BCUT2D eigenvalue weighted by molar-refractivity contribution is 5.92. The van der Waals surface area contributed by atoms with E-state index >= 15 is 0 Å². The number of anilines is 1. The number of amides is 1. The van der Waals surface area contributed by atoms with Gasteiger partial charge in [-0.05, 0) is 51.2 Å². The molecule has 110 valence electrons. The zero-order valence-electron chi connectivity index (χ0n) is 12.6. The van der Waals surface area contributed by atoms with Crippen LogP contribution in [-0.2, 0) is 0 Å². The minimum Gasteiger partial charge on any atom is -0.369 e. The van der Waals surface area contributed by atoms with E-state index in [-0.39, 0.29) is 11.9 Å². The summed E-state index contributed by atoms with van der Waals surface area (Å²) in [5, 5.41) is 11.3. The van der Waals surface area contributed by atoms with Crippen LogP contribution >= 0.6 is 0 Å². The van der Waals surface area contributed by atoms with Gasteiger partial charge in [0.1, 0.15) is 5.82 Å². The van der Waals surface area contributed by atoms with Gasteiger partial charge in [0.05, 0.1) is 0 Å². The maximum atomic E-state index is 12.5. The number of hydrogen-bond acceptors (Lipinski definition) is 4. The second-order valence-electron chi connectivity index (χ2n) is 5.73. The van der Waals surface area contributed by atoms with Gasteiger partial charge in [0.25, 0.3) is 5.91 Å². The molecule has 5 nitrogen and oxygen atoms in total. The van der Waals surface area contributed by atoms with Gasteiger partial charge in [0.2, 0.25) is 0 Å². The van der Waals surface area contributed by atoms with E-state index in [1.54, 1.807) is 6.07 Å². The predicted molar refractivity (Wildman–Crippen MR) is 79.7 cm³/mol. The molecule has 1 aromatic heterocycles. The van der Waals surface area contributed by atoms with Crippen molar-refractivity contribution < 1.29 is 4.79 Å². The summed E-state index contributed by atoms with van der Waals surface area (Å²) in [6, 6.07) is 3.78. The van der Waals surface area contributed by atoms with Crippen molar-refractivity contribution in [2.45, 2.75) is 46.1 Å². The zero-order chi connectivity index (χ0) is 14.5. The predicted octanol–water partition coefficient (Wildman–Crippen LogP) is 2.56. The van der Waals surface area contributed by atoms with Crippen LogP contribution in [0.4, 0.5) is 5.82 Å². The van der Waals surface area contributed by atoms with Crippen molar-refractivity contribution >= 4 is 11.7 Å². The first-order valence-electron chi connectivity index (χ1n) is 7.50.